The van der Waals surface area contributed by atoms with Gasteiger partial charge in [-0.05, 0) is 36.8 Å². The van der Waals surface area contributed by atoms with Gasteiger partial charge in [0, 0.05) is 6.61 Å². The molecule has 1 aromatic carbocycles. The Morgan fingerprint density at radius 1 is 1.30 bits per heavy atom. The number of carbonyl (C=O) groups excluding carboxylic acids is 2. The minimum atomic E-state index is -0.995. The molecule has 0 aliphatic carbocycles. The van der Waals surface area contributed by atoms with Crippen LogP contribution in [0.4, 0.5) is 4.79 Å². The highest BCUT2D eigenvalue weighted by molar-refractivity contribution is 6.07. The van der Waals surface area contributed by atoms with Crippen molar-refractivity contribution in [2.75, 3.05) is 13.2 Å². The molecule has 5 heteroatoms. The molecule has 5 nitrogen and oxygen atoms in total. The highest BCUT2D eigenvalue weighted by Crippen LogP contribution is 2.30. The van der Waals surface area contributed by atoms with Gasteiger partial charge in [-0.2, -0.15) is 0 Å². The van der Waals surface area contributed by atoms with Crippen LogP contribution in [-0.2, 0) is 15.1 Å². The zero-order valence-electron chi connectivity index (χ0n) is 14.0. The number of carbonyl (C=O) groups is 2. The summed E-state index contributed by atoms with van der Waals surface area (Å²) in [4.78, 5) is 26.4. The van der Waals surface area contributed by atoms with Crippen LogP contribution in [0.5, 0.6) is 0 Å². The fourth-order valence-electron chi connectivity index (χ4n) is 3.25. The van der Waals surface area contributed by atoms with Crippen molar-refractivity contribution in [3.8, 4) is 0 Å². The molecular formula is C18H24N2O3. The Hall–Kier alpha value is -1.88. The number of nitrogens with zero attached hydrogens (tertiary/aromatic N) is 1. The summed E-state index contributed by atoms with van der Waals surface area (Å²) in [5, 5.41) is 2.85. The third-order valence-electron chi connectivity index (χ3n) is 4.84. The van der Waals surface area contributed by atoms with E-state index in [0.29, 0.717) is 19.1 Å². The second-order valence-electron chi connectivity index (χ2n) is 6.88. The Balaban J connectivity index is 1.81. The van der Waals surface area contributed by atoms with Crippen molar-refractivity contribution in [1.29, 1.82) is 0 Å². The van der Waals surface area contributed by atoms with Gasteiger partial charge in [0.1, 0.15) is 5.54 Å². The summed E-state index contributed by atoms with van der Waals surface area (Å²) < 4.78 is 5.55. The predicted molar refractivity (Wildman–Crippen MR) is 87.1 cm³/mol. The van der Waals surface area contributed by atoms with Crippen LogP contribution >= 0.6 is 0 Å². The standard InChI is InChI=1S/C18H24N2O3/c1-12(2)13-6-8-14(9-7-13)18(3)16(21)20(17(22)19-18)11-15-5-4-10-23-15/h6-9,12,15H,4-5,10-11H2,1-3H3,(H,19,22)/t15-,18-/m0/s1. The Morgan fingerprint density at radius 3 is 2.57 bits per heavy atom. The average molecular weight is 316 g/mol. The minimum absolute atomic E-state index is 0.0321. The van der Waals surface area contributed by atoms with Crippen molar-refractivity contribution in [2.45, 2.75) is 51.2 Å². The lowest BCUT2D eigenvalue weighted by Crippen LogP contribution is -2.42. The second-order valence-corrected chi connectivity index (χ2v) is 6.88. The van der Waals surface area contributed by atoms with Gasteiger partial charge in [0.15, 0.2) is 0 Å². The molecule has 2 aliphatic heterocycles. The van der Waals surface area contributed by atoms with Gasteiger partial charge in [0.05, 0.1) is 12.6 Å². The van der Waals surface area contributed by atoms with Crippen molar-refractivity contribution in [2.24, 2.45) is 0 Å². The van der Waals surface area contributed by atoms with Gasteiger partial charge in [-0.3, -0.25) is 9.69 Å². The van der Waals surface area contributed by atoms with Crippen LogP contribution in [-0.4, -0.2) is 36.1 Å². The van der Waals surface area contributed by atoms with Gasteiger partial charge >= 0.3 is 6.03 Å². The third kappa shape index (κ3) is 2.85. The molecule has 2 aliphatic rings. The Bertz CT molecular complexity index is 605. The number of urea groups is 1. The van der Waals surface area contributed by atoms with Gasteiger partial charge in [-0.15, -0.1) is 0 Å². The summed E-state index contributed by atoms with van der Waals surface area (Å²) in [5.41, 5.74) is 1.03. The number of benzene rings is 1. The molecule has 23 heavy (non-hydrogen) atoms. The number of amides is 3. The molecule has 2 saturated heterocycles. The largest absolute Gasteiger partial charge is 0.376 e. The first kappa shape index (κ1) is 16.0. The van der Waals surface area contributed by atoms with Crippen molar-refractivity contribution < 1.29 is 14.3 Å². The van der Waals surface area contributed by atoms with Gasteiger partial charge in [-0.25, -0.2) is 4.79 Å². The number of ether oxygens (including phenoxy) is 1. The lowest BCUT2D eigenvalue weighted by Gasteiger charge is -2.23. The number of rotatable bonds is 4. The summed E-state index contributed by atoms with van der Waals surface area (Å²) in [5.74, 6) is 0.233. The summed E-state index contributed by atoms with van der Waals surface area (Å²) in [6.45, 7) is 7.07. The highest BCUT2D eigenvalue weighted by atomic mass is 16.5. The van der Waals surface area contributed by atoms with Crippen LogP contribution in [0.25, 0.3) is 0 Å². The zero-order valence-corrected chi connectivity index (χ0v) is 14.0. The summed E-state index contributed by atoms with van der Waals surface area (Å²) in [7, 11) is 0. The van der Waals surface area contributed by atoms with Crippen molar-refractivity contribution in [3.63, 3.8) is 0 Å². The highest BCUT2D eigenvalue weighted by Gasteiger charge is 2.49. The van der Waals surface area contributed by atoms with E-state index in [1.165, 1.54) is 10.5 Å². The molecule has 2 heterocycles. The van der Waals surface area contributed by atoms with Crippen LogP contribution in [0.2, 0.25) is 0 Å². The Kier molecular flexibility index (Phi) is 4.15. The van der Waals surface area contributed by atoms with E-state index in [9.17, 15) is 9.59 Å². The van der Waals surface area contributed by atoms with Crippen LogP contribution in [0, 0.1) is 0 Å². The van der Waals surface area contributed by atoms with E-state index in [-0.39, 0.29) is 18.0 Å². The van der Waals surface area contributed by atoms with Crippen LogP contribution in [0.1, 0.15) is 50.7 Å². The van der Waals surface area contributed by atoms with Crippen molar-refractivity contribution >= 4 is 11.9 Å². The number of hydrogen-bond donors (Lipinski definition) is 1. The summed E-state index contributed by atoms with van der Waals surface area (Å²) >= 11 is 0. The van der Waals surface area contributed by atoms with E-state index in [1.807, 2.05) is 24.3 Å². The van der Waals surface area contributed by atoms with Gasteiger partial charge < -0.3 is 10.1 Å². The fourth-order valence-corrected chi connectivity index (χ4v) is 3.25. The summed E-state index contributed by atoms with van der Waals surface area (Å²) in [6, 6.07) is 7.58. The Morgan fingerprint density at radius 2 is 2.00 bits per heavy atom. The molecular weight excluding hydrogens is 292 g/mol. The maximum absolute atomic E-state index is 12.8. The first-order valence-corrected chi connectivity index (χ1v) is 8.28. The van der Waals surface area contributed by atoms with Crippen molar-refractivity contribution in [3.05, 3.63) is 35.4 Å². The molecule has 124 valence electrons. The first-order chi connectivity index (χ1) is 10.9. The minimum Gasteiger partial charge on any atom is -0.376 e. The van der Waals surface area contributed by atoms with Gasteiger partial charge in [-0.1, -0.05) is 38.1 Å². The van der Waals surface area contributed by atoms with Gasteiger partial charge in [0.2, 0.25) is 0 Å². The maximum atomic E-state index is 12.8. The van der Waals surface area contributed by atoms with E-state index in [0.717, 1.165) is 18.4 Å². The van der Waals surface area contributed by atoms with E-state index >= 15 is 0 Å². The van der Waals surface area contributed by atoms with Crippen LogP contribution < -0.4 is 5.32 Å². The average Bonchev–Trinajstić information content (AvgIpc) is 3.11. The number of hydrogen-bond acceptors (Lipinski definition) is 3. The molecule has 2 atom stereocenters. The second kappa shape index (κ2) is 5.96. The molecule has 1 N–H and O–H groups in total. The molecule has 0 spiro atoms. The number of imide groups is 1. The monoisotopic (exact) mass is 316 g/mol. The van der Waals surface area contributed by atoms with Gasteiger partial charge in [0.25, 0.3) is 5.91 Å². The molecule has 0 bridgehead atoms. The van der Waals surface area contributed by atoms with E-state index in [2.05, 4.69) is 19.2 Å². The number of nitrogens with one attached hydrogen (secondary N) is 1. The van der Waals surface area contributed by atoms with Crippen LogP contribution in [0.15, 0.2) is 24.3 Å². The molecule has 2 fully saturated rings. The quantitative estimate of drug-likeness (QED) is 0.869. The normalized spacial score (nSPS) is 27.8. The first-order valence-electron chi connectivity index (χ1n) is 8.28. The molecule has 0 unspecified atom stereocenters. The van der Waals surface area contributed by atoms with E-state index in [1.54, 1.807) is 6.92 Å². The lowest BCUT2D eigenvalue weighted by atomic mass is 9.90. The third-order valence-corrected chi connectivity index (χ3v) is 4.84. The molecule has 3 amide bonds. The topological polar surface area (TPSA) is 58.6 Å². The Labute approximate surface area is 137 Å². The van der Waals surface area contributed by atoms with Crippen LogP contribution in [0.3, 0.4) is 0 Å². The zero-order chi connectivity index (χ0) is 16.6. The molecule has 0 saturated carbocycles. The summed E-state index contributed by atoms with van der Waals surface area (Å²) in [6.07, 6.45) is 1.86. The predicted octanol–water partition coefficient (Wildman–Crippen LogP) is 2.76. The van der Waals surface area contributed by atoms with Crippen molar-refractivity contribution in [1.82, 2.24) is 10.2 Å². The maximum Gasteiger partial charge on any atom is 0.325 e. The molecule has 0 radical (unpaired) electrons. The smallest absolute Gasteiger partial charge is 0.325 e. The van der Waals surface area contributed by atoms with E-state index in [4.69, 9.17) is 4.74 Å². The fraction of sp³-hybridized carbons (Fsp3) is 0.556. The molecule has 3 rings (SSSR count). The SMILES string of the molecule is CC(C)c1ccc([C@]2(C)NC(=O)N(C[C@@H]3CCCO3)C2=O)cc1. The van der Waals surface area contributed by atoms with E-state index < -0.39 is 5.54 Å². The lowest BCUT2D eigenvalue weighted by molar-refractivity contribution is -0.132. The molecule has 0 aromatic heterocycles. The molecule has 1 aromatic rings.